The largest absolute Gasteiger partial charge is 0.497 e. The maximum atomic E-state index is 12.4. The van der Waals surface area contributed by atoms with Crippen molar-refractivity contribution in [2.24, 2.45) is 0 Å². The first-order valence-electron chi connectivity index (χ1n) is 9.04. The third-order valence-corrected chi connectivity index (χ3v) is 5.01. The van der Waals surface area contributed by atoms with Gasteiger partial charge >= 0.3 is 5.97 Å². The Labute approximate surface area is 172 Å². The molecule has 0 aliphatic rings. The Kier molecular flexibility index (Phi) is 6.28. The fourth-order valence-corrected chi connectivity index (χ4v) is 3.36. The Hall–Kier alpha value is -3.20. The molecule has 0 spiro atoms. The van der Waals surface area contributed by atoms with Crippen LogP contribution in [-0.4, -0.2) is 39.9 Å². The molecule has 0 saturated carbocycles. The number of thiazole rings is 1. The Balaban J connectivity index is 1.62. The molecule has 0 fully saturated rings. The zero-order valence-electron chi connectivity index (χ0n) is 16.6. The van der Waals surface area contributed by atoms with Crippen molar-refractivity contribution in [3.8, 4) is 16.3 Å². The van der Waals surface area contributed by atoms with E-state index in [9.17, 15) is 9.59 Å². The number of carbonyl (C=O) groups excluding carboxylic acids is 2. The number of nitrogens with zero attached hydrogens (tertiary/aromatic N) is 3. The number of amides is 1. The molecule has 0 aliphatic carbocycles. The van der Waals surface area contributed by atoms with Crippen LogP contribution in [0.2, 0.25) is 0 Å². The highest BCUT2D eigenvalue weighted by Gasteiger charge is 2.22. The summed E-state index contributed by atoms with van der Waals surface area (Å²) in [7, 11) is 1.60. The number of anilines is 1. The average Bonchev–Trinajstić information content (AvgIpc) is 3.37. The minimum absolute atomic E-state index is 0.0875. The molecule has 0 bridgehead atoms. The van der Waals surface area contributed by atoms with Gasteiger partial charge < -0.3 is 14.8 Å². The number of ether oxygens (including phenoxy) is 2. The summed E-state index contributed by atoms with van der Waals surface area (Å²) in [6.07, 6.45) is 0.617. The maximum absolute atomic E-state index is 12.4. The van der Waals surface area contributed by atoms with Crippen LogP contribution in [0.1, 0.15) is 37.3 Å². The fraction of sp³-hybridized carbons (Fsp3) is 0.300. The molecule has 8 nitrogen and oxygen atoms in total. The lowest BCUT2D eigenvalue weighted by molar-refractivity contribution is -0.123. The number of hydrogen-bond acceptors (Lipinski definition) is 7. The summed E-state index contributed by atoms with van der Waals surface area (Å²) in [5.74, 6) is 0.194. The third kappa shape index (κ3) is 4.80. The molecule has 2 aromatic heterocycles. The summed E-state index contributed by atoms with van der Waals surface area (Å²) in [5.41, 5.74) is 1.02. The Morgan fingerprint density at radius 1 is 1.14 bits per heavy atom. The Morgan fingerprint density at radius 2 is 1.86 bits per heavy atom. The topological polar surface area (TPSA) is 95.3 Å². The first kappa shape index (κ1) is 20.5. The lowest BCUT2D eigenvalue weighted by atomic mass is 10.2. The quantitative estimate of drug-likeness (QED) is 0.591. The number of benzene rings is 1. The summed E-state index contributed by atoms with van der Waals surface area (Å²) < 4.78 is 12.1. The molecule has 9 heteroatoms. The second-order valence-corrected chi connectivity index (χ2v) is 7.42. The van der Waals surface area contributed by atoms with E-state index in [4.69, 9.17) is 9.47 Å². The minimum atomic E-state index is -0.982. The molecule has 152 valence electrons. The van der Waals surface area contributed by atoms with Gasteiger partial charge in [0, 0.05) is 23.1 Å². The normalized spacial score (nSPS) is 11.9. The lowest BCUT2D eigenvalue weighted by Crippen LogP contribution is -2.31. The highest BCUT2D eigenvalue weighted by Crippen LogP contribution is 2.26. The molecule has 29 heavy (non-hydrogen) atoms. The van der Waals surface area contributed by atoms with Crippen LogP contribution in [0.15, 0.2) is 41.9 Å². The second kappa shape index (κ2) is 8.87. The maximum Gasteiger partial charge on any atom is 0.358 e. The predicted octanol–water partition coefficient (Wildman–Crippen LogP) is 3.78. The predicted molar refractivity (Wildman–Crippen MR) is 110 cm³/mol. The van der Waals surface area contributed by atoms with Crippen molar-refractivity contribution in [3.63, 3.8) is 0 Å². The first-order chi connectivity index (χ1) is 13.9. The fourth-order valence-electron chi connectivity index (χ4n) is 2.56. The van der Waals surface area contributed by atoms with Gasteiger partial charge in [0.05, 0.1) is 13.3 Å². The van der Waals surface area contributed by atoms with E-state index in [0.717, 1.165) is 11.3 Å². The van der Waals surface area contributed by atoms with Crippen LogP contribution in [0.4, 0.5) is 5.82 Å². The molecule has 2 heterocycles. The molecule has 0 aliphatic heterocycles. The molecule has 1 atom stereocenters. The standard InChI is InChI=1S/C20H22N4O4S/c1-12(2)24-17(9-10-21-24)23-18(25)13(3)28-20(26)16-11-29-19(22-16)14-5-7-15(27-4)8-6-14/h5-13H,1-4H3,(H,23,25)/t13-/m0/s1. The van der Waals surface area contributed by atoms with E-state index in [0.29, 0.717) is 10.8 Å². The summed E-state index contributed by atoms with van der Waals surface area (Å²) in [5, 5.41) is 9.17. The number of rotatable bonds is 7. The van der Waals surface area contributed by atoms with E-state index in [1.54, 1.807) is 29.4 Å². The molecule has 3 aromatic rings. The summed E-state index contributed by atoms with van der Waals surface area (Å²) in [4.78, 5) is 29.1. The van der Waals surface area contributed by atoms with Crippen molar-refractivity contribution < 1.29 is 19.1 Å². The molecular formula is C20H22N4O4S. The average molecular weight is 414 g/mol. The zero-order valence-corrected chi connectivity index (χ0v) is 17.4. The van der Waals surface area contributed by atoms with Gasteiger partial charge in [0.25, 0.3) is 5.91 Å². The highest BCUT2D eigenvalue weighted by atomic mass is 32.1. The van der Waals surface area contributed by atoms with E-state index in [1.807, 2.05) is 38.1 Å². The Morgan fingerprint density at radius 3 is 2.52 bits per heavy atom. The van der Waals surface area contributed by atoms with Gasteiger partial charge in [-0.25, -0.2) is 14.5 Å². The van der Waals surface area contributed by atoms with Gasteiger partial charge in [-0.05, 0) is 45.0 Å². The summed E-state index contributed by atoms with van der Waals surface area (Å²) >= 11 is 1.32. The Bertz CT molecular complexity index is 994. The van der Waals surface area contributed by atoms with Gasteiger partial charge in [-0.15, -0.1) is 11.3 Å². The van der Waals surface area contributed by atoms with Crippen LogP contribution in [0.3, 0.4) is 0 Å². The van der Waals surface area contributed by atoms with E-state index in [2.05, 4.69) is 15.4 Å². The monoisotopic (exact) mass is 414 g/mol. The lowest BCUT2D eigenvalue weighted by Gasteiger charge is -2.15. The SMILES string of the molecule is COc1ccc(-c2nc(C(=O)O[C@@H](C)C(=O)Nc3ccnn3C(C)C)cs2)cc1. The van der Waals surface area contributed by atoms with Crippen LogP contribution < -0.4 is 10.1 Å². The minimum Gasteiger partial charge on any atom is -0.497 e. The number of aromatic nitrogens is 3. The van der Waals surface area contributed by atoms with Crippen LogP contribution in [0.25, 0.3) is 10.6 Å². The van der Waals surface area contributed by atoms with Crippen molar-refractivity contribution in [2.45, 2.75) is 32.9 Å². The van der Waals surface area contributed by atoms with Crippen LogP contribution in [-0.2, 0) is 9.53 Å². The molecule has 0 radical (unpaired) electrons. The van der Waals surface area contributed by atoms with E-state index < -0.39 is 18.0 Å². The van der Waals surface area contributed by atoms with Crippen LogP contribution in [0.5, 0.6) is 5.75 Å². The van der Waals surface area contributed by atoms with E-state index >= 15 is 0 Å². The second-order valence-electron chi connectivity index (χ2n) is 6.56. The highest BCUT2D eigenvalue weighted by molar-refractivity contribution is 7.13. The van der Waals surface area contributed by atoms with Gasteiger partial charge in [0.2, 0.25) is 0 Å². The van der Waals surface area contributed by atoms with Crippen LogP contribution >= 0.6 is 11.3 Å². The molecule has 3 rings (SSSR count). The van der Waals surface area contributed by atoms with Gasteiger partial charge in [-0.2, -0.15) is 5.10 Å². The van der Waals surface area contributed by atoms with Gasteiger partial charge in [-0.3, -0.25) is 4.79 Å². The first-order valence-corrected chi connectivity index (χ1v) is 9.92. The molecule has 1 N–H and O–H groups in total. The van der Waals surface area contributed by atoms with Crippen molar-refractivity contribution in [3.05, 3.63) is 47.6 Å². The third-order valence-electron chi connectivity index (χ3n) is 4.11. The molecule has 1 amide bonds. The number of hydrogen-bond donors (Lipinski definition) is 1. The number of nitrogens with one attached hydrogen (secondary N) is 1. The van der Waals surface area contributed by atoms with Crippen molar-refractivity contribution >= 4 is 29.0 Å². The van der Waals surface area contributed by atoms with Gasteiger partial charge in [0.1, 0.15) is 16.6 Å². The van der Waals surface area contributed by atoms with Gasteiger partial charge in [-0.1, -0.05) is 0 Å². The molecule has 1 aromatic carbocycles. The smallest absolute Gasteiger partial charge is 0.358 e. The molecular weight excluding hydrogens is 392 g/mol. The zero-order chi connectivity index (χ0) is 21.0. The van der Waals surface area contributed by atoms with Crippen molar-refractivity contribution in [1.29, 1.82) is 0 Å². The summed E-state index contributed by atoms with van der Waals surface area (Å²) in [6, 6.07) is 9.14. The van der Waals surface area contributed by atoms with Crippen molar-refractivity contribution in [2.75, 3.05) is 12.4 Å². The number of carbonyl (C=O) groups is 2. The van der Waals surface area contributed by atoms with Gasteiger partial charge in [0.15, 0.2) is 11.8 Å². The molecule has 0 unspecified atom stereocenters. The van der Waals surface area contributed by atoms with E-state index in [-0.39, 0.29) is 11.7 Å². The van der Waals surface area contributed by atoms with Crippen LogP contribution in [0, 0.1) is 0 Å². The summed E-state index contributed by atoms with van der Waals surface area (Å²) in [6.45, 7) is 5.42. The number of methoxy groups -OCH3 is 1. The number of esters is 1. The van der Waals surface area contributed by atoms with E-state index in [1.165, 1.54) is 18.3 Å². The van der Waals surface area contributed by atoms with Crippen molar-refractivity contribution in [1.82, 2.24) is 14.8 Å². The molecule has 0 saturated heterocycles.